The average molecular weight is 274 g/mol. The molecule has 0 bridgehead atoms. The van der Waals surface area contributed by atoms with Gasteiger partial charge in [-0.3, -0.25) is 4.68 Å². The van der Waals surface area contributed by atoms with Gasteiger partial charge in [-0.05, 0) is 41.2 Å². The topological polar surface area (TPSA) is 50.3 Å². The van der Waals surface area contributed by atoms with Gasteiger partial charge in [-0.2, -0.15) is 5.10 Å². The lowest BCUT2D eigenvalue weighted by molar-refractivity contribution is 0.354. The zero-order valence-corrected chi connectivity index (χ0v) is 12.5. The van der Waals surface area contributed by atoms with E-state index in [-0.39, 0.29) is 6.04 Å². The van der Waals surface area contributed by atoms with Crippen LogP contribution in [0.5, 0.6) is 0 Å². The van der Waals surface area contributed by atoms with Gasteiger partial charge in [-0.15, -0.1) is 0 Å². The van der Waals surface area contributed by atoms with E-state index >= 15 is 0 Å². The van der Waals surface area contributed by atoms with Gasteiger partial charge in [-0.25, -0.2) is 0 Å². The van der Waals surface area contributed by atoms with Crippen LogP contribution in [0.15, 0.2) is 6.20 Å². The molecule has 0 aliphatic rings. The van der Waals surface area contributed by atoms with Crippen molar-refractivity contribution in [1.29, 1.82) is 0 Å². The number of hydrogen-bond acceptors (Lipinski definition) is 4. The molecule has 0 saturated heterocycles. The summed E-state index contributed by atoms with van der Waals surface area (Å²) in [6.07, 6.45) is 2.56. The molecular formula is C12H24ClN5. The second-order valence-corrected chi connectivity index (χ2v) is 5.51. The van der Waals surface area contributed by atoms with E-state index in [9.17, 15) is 0 Å². The maximum absolute atomic E-state index is 6.21. The van der Waals surface area contributed by atoms with Crippen molar-refractivity contribution in [1.82, 2.24) is 19.6 Å². The standard InChI is InChI=1S/C12H24ClN5/c1-16(2)6-5-11(14)12-10(13)9-15-18(12)8-7-17(3)4/h9,11H,5-8,14H2,1-4H3. The quantitative estimate of drug-likeness (QED) is 0.807. The van der Waals surface area contributed by atoms with Gasteiger partial charge < -0.3 is 15.5 Å². The Kier molecular flexibility index (Phi) is 6.08. The molecule has 1 heterocycles. The molecule has 0 aliphatic heterocycles. The Labute approximate surface area is 114 Å². The smallest absolute Gasteiger partial charge is 0.0834 e. The lowest BCUT2D eigenvalue weighted by atomic mass is 10.1. The van der Waals surface area contributed by atoms with Gasteiger partial charge in [0, 0.05) is 12.6 Å². The van der Waals surface area contributed by atoms with Gasteiger partial charge in [-0.1, -0.05) is 11.6 Å². The van der Waals surface area contributed by atoms with Crippen LogP contribution in [0.3, 0.4) is 0 Å². The lowest BCUT2D eigenvalue weighted by Crippen LogP contribution is -2.25. The molecule has 18 heavy (non-hydrogen) atoms. The molecule has 0 amide bonds. The summed E-state index contributed by atoms with van der Waals surface area (Å²) in [6, 6.07) is -0.0652. The van der Waals surface area contributed by atoms with E-state index in [1.165, 1.54) is 0 Å². The van der Waals surface area contributed by atoms with Gasteiger partial charge in [0.05, 0.1) is 23.5 Å². The first-order valence-corrected chi connectivity index (χ1v) is 6.56. The Bertz CT molecular complexity index is 361. The normalized spacial score (nSPS) is 13.6. The van der Waals surface area contributed by atoms with Crippen LogP contribution in [0.25, 0.3) is 0 Å². The first-order valence-electron chi connectivity index (χ1n) is 6.18. The molecular weight excluding hydrogens is 250 g/mol. The number of hydrogen-bond donors (Lipinski definition) is 1. The highest BCUT2D eigenvalue weighted by molar-refractivity contribution is 6.31. The minimum Gasteiger partial charge on any atom is -0.323 e. The van der Waals surface area contributed by atoms with Crippen molar-refractivity contribution in [2.75, 3.05) is 41.3 Å². The van der Waals surface area contributed by atoms with Gasteiger partial charge >= 0.3 is 0 Å². The van der Waals surface area contributed by atoms with Crippen LogP contribution in [-0.4, -0.2) is 60.9 Å². The molecule has 1 unspecified atom stereocenters. The molecule has 0 saturated carbocycles. The van der Waals surface area contributed by atoms with E-state index in [0.717, 1.165) is 31.7 Å². The highest BCUT2D eigenvalue weighted by atomic mass is 35.5. The molecule has 1 aromatic heterocycles. The third-order valence-corrected chi connectivity index (χ3v) is 3.12. The summed E-state index contributed by atoms with van der Waals surface area (Å²) in [5.74, 6) is 0. The molecule has 0 aliphatic carbocycles. The van der Waals surface area contributed by atoms with Crippen molar-refractivity contribution in [3.63, 3.8) is 0 Å². The van der Waals surface area contributed by atoms with E-state index in [1.54, 1.807) is 6.20 Å². The molecule has 6 heteroatoms. The van der Waals surface area contributed by atoms with Crippen LogP contribution in [0, 0.1) is 0 Å². The SMILES string of the molecule is CN(C)CCC(N)c1c(Cl)cnn1CCN(C)C. The summed E-state index contributed by atoms with van der Waals surface area (Å²) in [5.41, 5.74) is 7.15. The van der Waals surface area contributed by atoms with Crippen molar-refractivity contribution in [2.45, 2.75) is 19.0 Å². The molecule has 5 nitrogen and oxygen atoms in total. The minimum absolute atomic E-state index is 0.0652. The molecule has 1 atom stereocenters. The van der Waals surface area contributed by atoms with E-state index in [4.69, 9.17) is 17.3 Å². The molecule has 2 N–H and O–H groups in total. The van der Waals surface area contributed by atoms with Gasteiger partial charge in [0.15, 0.2) is 0 Å². The van der Waals surface area contributed by atoms with Crippen molar-refractivity contribution in [3.05, 3.63) is 16.9 Å². The molecule has 0 fully saturated rings. The fourth-order valence-electron chi connectivity index (χ4n) is 1.75. The van der Waals surface area contributed by atoms with Crippen LogP contribution < -0.4 is 5.73 Å². The third-order valence-electron chi connectivity index (χ3n) is 2.83. The van der Waals surface area contributed by atoms with E-state index in [0.29, 0.717) is 5.02 Å². The third kappa shape index (κ3) is 4.57. The predicted molar refractivity (Wildman–Crippen MR) is 75.9 cm³/mol. The zero-order valence-electron chi connectivity index (χ0n) is 11.7. The number of nitrogens with two attached hydrogens (primary N) is 1. The number of rotatable bonds is 7. The second-order valence-electron chi connectivity index (χ2n) is 5.10. The summed E-state index contributed by atoms with van der Waals surface area (Å²) in [6.45, 7) is 2.67. The zero-order chi connectivity index (χ0) is 13.7. The minimum atomic E-state index is -0.0652. The van der Waals surface area contributed by atoms with Crippen molar-refractivity contribution in [3.8, 4) is 0 Å². The van der Waals surface area contributed by atoms with Crippen molar-refractivity contribution < 1.29 is 0 Å². The number of likely N-dealkylation sites (N-methyl/N-ethyl adjacent to an activating group) is 1. The van der Waals surface area contributed by atoms with Gasteiger partial charge in [0.25, 0.3) is 0 Å². The van der Waals surface area contributed by atoms with E-state index < -0.39 is 0 Å². The van der Waals surface area contributed by atoms with Crippen molar-refractivity contribution in [2.24, 2.45) is 5.73 Å². The molecule has 1 rings (SSSR count). The maximum Gasteiger partial charge on any atom is 0.0834 e. The average Bonchev–Trinajstić information content (AvgIpc) is 2.64. The Hall–Kier alpha value is -0.620. The number of nitrogens with zero attached hydrogens (tertiary/aromatic N) is 4. The Morgan fingerprint density at radius 3 is 2.44 bits per heavy atom. The maximum atomic E-state index is 6.21. The van der Waals surface area contributed by atoms with Crippen LogP contribution in [-0.2, 0) is 6.54 Å². The Balaban J connectivity index is 2.70. The van der Waals surface area contributed by atoms with Gasteiger partial charge in [0.2, 0.25) is 0 Å². The molecule has 0 radical (unpaired) electrons. The summed E-state index contributed by atoms with van der Waals surface area (Å²) in [4.78, 5) is 4.24. The molecule has 1 aromatic rings. The summed E-state index contributed by atoms with van der Waals surface area (Å²) in [5, 5.41) is 4.97. The van der Waals surface area contributed by atoms with E-state index in [2.05, 4.69) is 14.9 Å². The van der Waals surface area contributed by atoms with Crippen LogP contribution in [0.4, 0.5) is 0 Å². The second kappa shape index (κ2) is 7.09. The fraction of sp³-hybridized carbons (Fsp3) is 0.750. The molecule has 0 aromatic carbocycles. The monoisotopic (exact) mass is 273 g/mol. The molecule has 0 spiro atoms. The van der Waals surface area contributed by atoms with Crippen LogP contribution in [0.2, 0.25) is 5.02 Å². The lowest BCUT2D eigenvalue weighted by Gasteiger charge is -2.18. The number of halogens is 1. The summed E-state index contributed by atoms with van der Waals surface area (Å²) >= 11 is 6.18. The summed E-state index contributed by atoms with van der Waals surface area (Å²) in [7, 11) is 8.16. The van der Waals surface area contributed by atoms with E-state index in [1.807, 2.05) is 32.9 Å². The first-order chi connectivity index (χ1) is 8.41. The Morgan fingerprint density at radius 2 is 1.89 bits per heavy atom. The fourth-order valence-corrected chi connectivity index (χ4v) is 2.03. The number of aromatic nitrogens is 2. The molecule has 104 valence electrons. The summed E-state index contributed by atoms with van der Waals surface area (Å²) < 4.78 is 1.92. The van der Waals surface area contributed by atoms with Crippen molar-refractivity contribution >= 4 is 11.6 Å². The first kappa shape index (κ1) is 15.4. The van der Waals surface area contributed by atoms with Gasteiger partial charge in [0.1, 0.15) is 0 Å². The predicted octanol–water partition coefficient (Wildman–Crippen LogP) is 1.05. The highest BCUT2D eigenvalue weighted by Gasteiger charge is 2.16. The Morgan fingerprint density at radius 1 is 1.28 bits per heavy atom. The van der Waals surface area contributed by atoms with Crippen LogP contribution in [0.1, 0.15) is 18.2 Å². The highest BCUT2D eigenvalue weighted by Crippen LogP contribution is 2.23. The van der Waals surface area contributed by atoms with Crippen LogP contribution >= 0.6 is 11.6 Å². The largest absolute Gasteiger partial charge is 0.323 e.